The van der Waals surface area contributed by atoms with Gasteiger partial charge in [0, 0.05) is 18.4 Å². The van der Waals surface area contributed by atoms with Crippen LogP contribution in [0.1, 0.15) is 18.4 Å². The molecule has 0 bridgehead atoms. The van der Waals surface area contributed by atoms with Crippen molar-refractivity contribution in [3.63, 3.8) is 0 Å². The Bertz CT molecular complexity index is 683. The van der Waals surface area contributed by atoms with Crippen molar-refractivity contribution >= 4 is 28.0 Å². The number of cyclic esters (lactones) is 1. The van der Waals surface area contributed by atoms with Gasteiger partial charge in [0.1, 0.15) is 0 Å². The lowest BCUT2D eigenvalue weighted by atomic mass is 10.2. The van der Waals surface area contributed by atoms with Crippen LogP contribution in [0.5, 0.6) is 0 Å². The number of benzene rings is 1. The zero-order chi connectivity index (χ0) is 16.7. The molecule has 7 nitrogen and oxygen atoms in total. The monoisotopic (exact) mass is 339 g/mol. The highest BCUT2D eigenvalue weighted by atomic mass is 32.2. The van der Waals surface area contributed by atoms with Gasteiger partial charge in [-0.15, -0.1) is 0 Å². The Kier molecular flexibility index (Phi) is 5.89. The van der Waals surface area contributed by atoms with Crippen LogP contribution in [0.4, 0.5) is 0 Å². The molecule has 8 heteroatoms. The number of sulfonamides is 1. The maximum Gasteiger partial charge on any atom is 0.347 e. The summed E-state index contributed by atoms with van der Waals surface area (Å²) in [7, 11) is -3.64. The van der Waals surface area contributed by atoms with Crippen LogP contribution in [0, 0.1) is 0 Å². The Morgan fingerprint density at radius 2 is 2.09 bits per heavy atom. The molecule has 1 aliphatic heterocycles. The standard InChI is InChI=1S/C15H17NO6S/c17-14(22-13-7-10-21-15(13)18)6-9-16-23(19,20)11-8-12-4-2-1-3-5-12/h1-5,8,11,13,16H,6-7,9-10H2/b11-8+/t13-/m0/s1. The Balaban J connectivity index is 1.75. The van der Waals surface area contributed by atoms with E-state index in [1.54, 1.807) is 24.3 Å². The maximum absolute atomic E-state index is 11.8. The van der Waals surface area contributed by atoms with E-state index < -0.39 is 28.1 Å². The largest absolute Gasteiger partial charge is 0.463 e. The number of carbonyl (C=O) groups is 2. The molecule has 2 rings (SSSR count). The number of hydrogen-bond acceptors (Lipinski definition) is 6. The van der Waals surface area contributed by atoms with E-state index in [-0.39, 0.29) is 19.6 Å². The molecule has 0 saturated carbocycles. The van der Waals surface area contributed by atoms with E-state index in [1.807, 2.05) is 6.07 Å². The van der Waals surface area contributed by atoms with Crippen molar-refractivity contribution in [2.45, 2.75) is 18.9 Å². The number of esters is 2. The second kappa shape index (κ2) is 7.89. The average Bonchev–Trinajstić information content (AvgIpc) is 2.91. The van der Waals surface area contributed by atoms with Gasteiger partial charge in [0.05, 0.1) is 13.0 Å². The van der Waals surface area contributed by atoms with Crippen molar-refractivity contribution in [3.05, 3.63) is 41.3 Å². The molecule has 23 heavy (non-hydrogen) atoms. The van der Waals surface area contributed by atoms with Gasteiger partial charge in [-0.1, -0.05) is 30.3 Å². The molecule has 0 aromatic heterocycles. The summed E-state index contributed by atoms with van der Waals surface area (Å²) in [6, 6.07) is 8.96. The number of nitrogens with one attached hydrogen (secondary N) is 1. The van der Waals surface area contributed by atoms with Gasteiger partial charge in [0.25, 0.3) is 0 Å². The van der Waals surface area contributed by atoms with E-state index in [0.717, 1.165) is 11.0 Å². The number of rotatable bonds is 7. The van der Waals surface area contributed by atoms with Gasteiger partial charge in [0.15, 0.2) is 0 Å². The average molecular weight is 339 g/mol. The fourth-order valence-corrected chi connectivity index (χ4v) is 2.70. The second-order valence-corrected chi connectivity index (χ2v) is 6.49. The molecule has 1 aliphatic rings. The molecular formula is C15H17NO6S. The van der Waals surface area contributed by atoms with Crippen LogP contribution < -0.4 is 4.72 Å². The van der Waals surface area contributed by atoms with Crippen molar-refractivity contribution in [2.75, 3.05) is 13.2 Å². The summed E-state index contributed by atoms with van der Waals surface area (Å²) >= 11 is 0. The van der Waals surface area contributed by atoms with E-state index in [0.29, 0.717) is 6.42 Å². The van der Waals surface area contributed by atoms with E-state index in [2.05, 4.69) is 9.46 Å². The normalized spacial score (nSPS) is 18.1. The van der Waals surface area contributed by atoms with Gasteiger partial charge < -0.3 is 9.47 Å². The highest BCUT2D eigenvalue weighted by molar-refractivity contribution is 7.92. The Labute approximate surface area is 134 Å². The fraction of sp³-hybridized carbons (Fsp3) is 0.333. The van der Waals surface area contributed by atoms with Gasteiger partial charge in [0.2, 0.25) is 16.1 Å². The first kappa shape index (κ1) is 17.2. The van der Waals surface area contributed by atoms with Crippen LogP contribution in [0.25, 0.3) is 6.08 Å². The summed E-state index contributed by atoms with van der Waals surface area (Å²) in [6.45, 7) is 0.121. The van der Waals surface area contributed by atoms with Crippen LogP contribution in [0.15, 0.2) is 35.7 Å². The molecule has 0 unspecified atom stereocenters. The third kappa shape index (κ3) is 5.84. The zero-order valence-corrected chi connectivity index (χ0v) is 13.1. The number of ether oxygens (including phenoxy) is 2. The molecular weight excluding hydrogens is 322 g/mol. The third-order valence-corrected chi connectivity index (χ3v) is 4.13. The molecule has 0 aliphatic carbocycles. The SMILES string of the molecule is O=C(CCNS(=O)(=O)/C=C/c1ccccc1)O[C@H]1CCOC1=O. The Hall–Kier alpha value is -2.19. The van der Waals surface area contributed by atoms with Crippen molar-refractivity contribution < 1.29 is 27.5 Å². The first-order valence-corrected chi connectivity index (χ1v) is 8.60. The van der Waals surface area contributed by atoms with Crippen LogP contribution in [0.2, 0.25) is 0 Å². The predicted molar refractivity (Wildman–Crippen MR) is 82.5 cm³/mol. The van der Waals surface area contributed by atoms with E-state index in [1.165, 1.54) is 6.08 Å². The first-order valence-electron chi connectivity index (χ1n) is 7.05. The predicted octanol–water partition coefficient (Wildman–Crippen LogP) is 0.825. The number of carbonyl (C=O) groups excluding carboxylic acids is 2. The van der Waals surface area contributed by atoms with Crippen molar-refractivity contribution in [1.29, 1.82) is 0 Å². The fourth-order valence-electron chi connectivity index (χ4n) is 1.88. The summed E-state index contributed by atoms with van der Waals surface area (Å²) < 4.78 is 35.3. The van der Waals surface area contributed by atoms with Crippen LogP contribution in [-0.4, -0.2) is 39.6 Å². The number of hydrogen-bond donors (Lipinski definition) is 1. The molecule has 1 aromatic carbocycles. The quantitative estimate of drug-likeness (QED) is 0.739. The second-order valence-electron chi connectivity index (χ2n) is 4.84. The van der Waals surface area contributed by atoms with Crippen molar-refractivity contribution in [1.82, 2.24) is 4.72 Å². The summed E-state index contributed by atoms with van der Waals surface area (Å²) in [4.78, 5) is 22.7. The molecule has 1 heterocycles. The highest BCUT2D eigenvalue weighted by Gasteiger charge is 2.29. The summed E-state index contributed by atoms with van der Waals surface area (Å²) in [5.74, 6) is -1.21. The first-order chi connectivity index (χ1) is 11.0. The molecule has 0 amide bonds. The summed E-state index contributed by atoms with van der Waals surface area (Å²) in [5.41, 5.74) is 0.747. The minimum absolute atomic E-state index is 0.109. The maximum atomic E-state index is 11.8. The lowest BCUT2D eigenvalue weighted by Gasteiger charge is -2.08. The molecule has 0 radical (unpaired) electrons. The molecule has 1 fully saturated rings. The van der Waals surface area contributed by atoms with E-state index in [4.69, 9.17) is 4.74 Å². The van der Waals surface area contributed by atoms with Crippen molar-refractivity contribution in [3.8, 4) is 0 Å². The van der Waals surface area contributed by atoms with Gasteiger partial charge in [-0.2, -0.15) is 0 Å². The lowest BCUT2D eigenvalue weighted by Crippen LogP contribution is -2.27. The molecule has 1 N–H and O–H groups in total. The lowest BCUT2D eigenvalue weighted by molar-refractivity contribution is -0.160. The Morgan fingerprint density at radius 1 is 1.35 bits per heavy atom. The van der Waals surface area contributed by atoms with Gasteiger partial charge in [-0.05, 0) is 11.6 Å². The zero-order valence-electron chi connectivity index (χ0n) is 12.3. The van der Waals surface area contributed by atoms with Gasteiger partial charge in [-0.3, -0.25) is 4.79 Å². The van der Waals surface area contributed by atoms with Gasteiger partial charge in [-0.25, -0.2) is 17.9 Å². The van der Waals surface area contributed by atoms with Gasteiger partial charge >= 0.3 is 11.9 Å². The molecule has 124 valence electrons. The van der Waals surface area contributed by atoms with Crippen LogP contribution in [-0.2, 0) is 29.1 Å². The summed E-state index contributed by atoms with van der Waals surface area (Å²) in [6.07, 6.45) is 0.741. The topological polar surface area (TPSA) is 98.8 Å². The van der Waals surface area contributed by atoms with E-state index in [9.17, 15) is 18.0 Å². The molecule has 1 aromatic rings. The third-order valence-electron chi connectivity index (χ3n) is 3.03. The molecule has 1 saturated heterocycles. The van der Waals surface area contributed by atoms with Crippen LogP contribution >= 0.6 is 0 Å². The minimum atomic E-state index is -3.64. The minimum Gasteiger partial charge on any atom is -0.463 e. The Morgan fingerprint density at radius 3 is 2.74 bits per heavy atom. The molecule has 0 spiro atoms. The summed E-state index contributed by atoms with van der Waals surface area (Å²) in [5, 5.41) is 1.03. The molecule has 1 atom stereocenters. The van der Waals surface area contributed by atoms with E-state index >= 15 is 0 Å². The van der Waals surface area contributed by atoms with Crippen LogP contribution in [0.3, 0.4) is 0 Å². The smallest absolute Gasteiger partial charge is 0.347 e. The highest BCUT2D eigenvalue weighted by Crippen LogP contribution is 2.11. The van der Waals surface area contributed by atoms with Crippen molar-refractivity contribution in [2.24, 2.45) is 0 Å².